The molecule has 0 amide bonds. The first-order valence-electron chi connectivity index (χ1n) is 26.9. The zero-order chi connectivity index (χ0) is 52.2. The lowest BCUT2D eigenvalue weighted by Crippen LogP contribution is -2.29. The van der Waals surface area contributed by atoms with Crippen LogP contribution >= 0.6 is 0 Å². The number of hydrogen-bond acceptors (Lipinski definition) is 2. The lowest BCUT2D eigenvalue weighted by Gasteiger charge is -2.35. The van der Waals surface area contributed by atoms with Crippen LogP contribution in [0.1, 0.15) is 128 Å². The largest absolute Gasteiger partial charge is 0.453 e. The number of unbranched alkanes of at least 4 members (excludes halogenated alkanes) is 1. The predicted molar refractivity (Wildman–Crippen MR) is 315 cm³/mol. The molecular weight excluding hydrogens is 895 g/mol. The smallest absolute Gasteiger partial charge is 0.151 e. The summed E-state index contributed by atoms with van der Waals surface area (Å²) in [5, 5.41) is 0. The maximum absolute atomic E-state index is 6.23. The Bertz CT molecular complexity index is 3350. The molecular formula is C72H73NO. The van der Waals surface area contributed by atoms with Gasteiger partial charge < -0.3 is 9.64 Å². The molecule has 0 aromatic heterocycles. The summed E-state index contributed by atoms with van der Waals surface area (Å²) in [7, 11) is 0. The highest BCUT2D eigenvalue weighted by Crippen LogP contribution is 2.57. The molecule has 0 N–H and O–H groups in total. The van der Waals surface area contributed by atoms with E-state index in [0.717, 1.165) is 29.3 Å². The first kappa shape index (κ1) is 50.1. The second-order valence-electron chi connectivity index (χ2n) is 22.5. The van der Waals surface area contributed by atoms with E-state index in [4.69, 9.17) is 4.74 Å². The molecule has 74 heavy (non-hydrogen) atoms. The first-order valence-corrected chi connectivity index (χ1v) is 26.9. The summed E-state index contributed by atoms with van der Waals surface area (Å²) in [4.78, 5) is 2.30. The van der Waals surface area contributed by atoms with Crippen LogP contribution in [0, 0.1) is 69.2 Å². The van der Waals surface area contributed by atoms with Gasteiger partial charge in [-0.25, -0.2) is 0 Å². The quantitative estimate of drug-likeness (QED) is 0.165. The van der Waals surface area contributed by atoms with Gasteiger partial charge >= 0.3 is 0 Å². The molecule has 1 heterocycles. The van der Waals surface area contributed by atoms with Crippen molar-refractivity contribution in [3.05, 3.63) is 264 Å². The van der Waals surface area contributed by atoms with Crippen LogP contribution in [0.15, 0.2) is 170 Å². The molecule has 2 aliphatic carbocycles. The van der Waals surface area contributed by atoms with Crippen molar-refractivity contribution in [2.75, 3.05) is 4.90 Å². The molecule has 2 nitrogen and oxygen atoms in total. The Morgan fingerprint density at radius 2 is 0.716 bits per heavy atom. The SMILES string of the molecule is CCCCc1ccc(N2c3ccc(C)cc3Oc3cc(C)ccc32)cc1.Cc1cc(C)cc(C2(c3cc(C)cc(C)c3)c3cc(C)ccc3-c3ccc(C)cc32)c1.Cc1ccc2c(c1)C(C)(C)c1cc(C)ccc1-2. The van der Waals surface area contributed by atoms with E-state index in [1.807, 2.05) is 0 Å². The number of anilines is 3. The van der Waals surface area contributed by atoms with Crippen molar-refractivity contribution in [2.24, 2.45) is 0 Å². The standard InChI is InChI=1S/C31H30.C24H25NO.C17H18/c1-19-7-9-27-28-10-8-20(2)18-30(28)31(29(27)17-19,25-13-21(3)11-22(4)14-25)26-15-23(5)12-24(6)16-26;1-4-5-6-19-9-11-20(12-10-19)25-21-13-7-17(2)15-23(21)26-24-16-18(3)8-14-22(24)25;1-11-5-7-13-14-8-6-12(2)10-16(14)17(3,4)15(13)9-11/h7-18H,1-6H3;7-16H,4-6H2,1-3H3;5-10H,1-4H3. The molecule has 0 saturated heterocycles. The van der Waals surface area contributed by atoms with Gasteiger partial charge in [-0.05, 0) is 191 Å². The number of rotatable bonds is 6. The van der Waals surface area contributed by atoms with E-state index in [2.05, 4.69) is 265 Å². The van der Waals surface area contributed by atoms with Gasteiger partial charge in [0.25, 0.3) is 0 Å². The summed E-state index contributed by atoms with van der Waals surface area (Å²) in [6.07, 6.45) is 3.61. The minimum Gasteiger partial charge on any atom is -0.453 e. The molecule has 0 fully saturated rings. The van der Waals surface area contributed by atoms with Crippen LogP contribution in [-0.2, 0) is 17.3 Å². The highest BCUT2D eigenvalue weighted by atomic mass is 16.5. The van der Waals surface area contributed by atoms with Gasteiger partial charge in [-0.3, -0.25) is 0 Å². The molecule has 0 saturated carbocycles. The Kier molecular flexibility index (Phi) is 13.4. The lowest BCUT2D eigenvalue weighted by molar-refractivity contribution is 0.476. The lowest BCUT2D eigenvalue weighted by atomic mass is 9.66. The van der Waals surface area contributed by atoms with Gasteiger partial charge in [0.2, 0.25) is 0 Å². The Morgan fingerprint density at radius 3 is 1.11 bits per heavy atom. The molecule has 372 valence electrons. The average Bonchev–Trinajstić information content (AvgIpc) is 3.79. The van der Waals surface area contributed by atoms with Crippen molar-refractivity contribution in [1.82, 2.24) is 0 Å². The summed E-state index contributed by atoms with van der Waals surface area (Å²) in [5.41, 5.74) is 31.6. The van der Waals surface area contributed by atoms with E-state index in [9.17, 15) is 0 Å². The molecule has 3 aliphatic rings. The van der Waals surface area contributed by atoms with Gasteiger partial charge in [-0.2, -0.15) is 0 Å². The minimum absolute atomic E-state index is 0.142. The molecule has 0 unspecified atom stereocenters. The third-order valence-corrected chi connectivity index (χ3v) is 15.7. The van der Waals surface area contributed by atoms with Crippen LogP contribution < -0.4 is 9.64 Å². The number of hydrogen-bond donors (Lipinski definition) is 0. The number of fused-ring (bicyclic) bond motifs is 8. The van der Waals surface area contributed by atoms with E-state index in [1.54, 1.807) is 0 Å². The highest BCUT2D eigenvalue weighted by Gasteiger charge is 2.46. The molecule has 12 rings (SSSR count). The molecule has 0 atom stereocenters. The third-order valence-electron chi connectivity index (χ3n) is 15.7. The van der Waals surface area contributed by atoms with E-state index in [-0.39, 0.29) is 10.8 Å². The minimum atomic E-state index is -0.309. The predicted octanol–water partition coefficient (Wildman–Crippen LogP) is 19.7. The number of benzene rings is 9. The van der Waals surface area contributed by atoms with Crippen molar-refractivity contribution in [3.8, 4) is 33.8 Å². The fraction of sp³-hybridized carbons (Fsp3) is 0.250. The highest BCUT2D eigenvalue weighted by molar-refractivity contribution is 5.88. The number of aryl methyl sites for hydroxylation is 11. The summed E-state index contributed by atoms with van der Waals surface area (Å²) >= 11 is 0. The van der Waals surface area contributed by atoms with Crippen LogP contribution in [-0.4, -0.2) is 0 Å². The van der Waals surface area contributed by atoms with Gasteiger partial charge in [0.1, 0.15) is 0 Å². The van der Waals surface area contributed by atoms with Crippen molar-refractivity contribution in [1.29, 1.82) is 0 Å². The maximum Gasteiger partial charge on any atom is 0.151 e. The van der Waals surface area contributed by atoms with E-state index in [0.29, 0.717) is 0 Å². The van der Waals surface area contributed by atoms with Crippen LogP contribution in [0.5, 0.6) is 11.5 Å². The second kappa shape index (κ2) is 19.8. The third kappa shape index (κ3) is 9.19. The Morgan fingerprint density at radius 1 is 0.365 bits per heavy atom. The van der Waals surface area contributed by atoms with E-state index < -0.39 is 0 Å². The molecule has 1 aliphatic heterocycles. The van der Waals surface area contributed by atoms with Crippen molar-refractivity contribution in [2.45, 2.75) is 120 Å². The maximum atomic E-state index is 6.23. The fourth-order valence-electron chi connectivity index (χ4n) is 12.2. The summed E-state index contributed by atoms with van der Waals surface area (Å²) < 4.78 is 6.23. The zero-order valence-electron chi connectivity index (χ0n) is 46.1. The van der Waals surface area contributed by atoms with E-state index >= 15 is 0 Å². The van der Waals surface area contributed by atoms with Crippen LogP contribution in [0.2, 0.25) is 0 Å². The molecule has 0 spiro atoms. The Hall–Kier alpha value is -7.42. The van der Waals surface area contributed by atoms with Crippen molar-refractivity contribution < 1.29 is 4.74 Å². The van der Waals surface area contributed by atoms with Crippen molar-refractivity contribution >= 4 is 17.1 Å². The van der Waals surface area contributed by atoms with Gasteiger partial charge in [0.05, 0.1) is 16.8 Å². The van der Waals surface area contributed by atoms with Gasteiger partial charge in [0, 0.05) is 11.1 Å². The first-order chi connectivity index (χ1) is 35.4. The number of nitrogens with zero attached hydrogens (tertiary/aromatic N) is 1. The van der Waals surface area contributed by atoms with Crippen LogP contribution in [0.3, 0.4) is 0 Å². The van der Waals surface area contributed by atoms with Gasteiger partial charge in [-0.1, -0.05) is 205 Å². The Balaban J connectivity index is 0.000000132. The van der Waals surface area contributed by atoms with Gasteiger partial charge in [0.15, 0.2) is 11.5 Å². The fourth-order valence-corrected chi connectivity index (χ4v) is 12.2. The zero-order valence-corrected chi connectivity index (χ0v) is 46.1. The summed E-state index contributed by atoms with van der Waals surface area (Å²) in [6.45, 7) is 28.7. The average molecular weight is 968 g/mol. The molecule has 0 radical (unpaired) electrons. The summed E-state index contributed by atoms with van der Waals surface area (Å²) in [6, 6.07) is 63.6. The molecule has 2 heteroatoms. The van der Waals surface area contributed by atoms with Crippen molar-refractivity contribution in [3.63, 3.8) is 0 Å². The summed E-state index contributed by atoms with van der Waals surface area (Å²) in [5.74, 6) is 1.83. The second-order valence-corrected chi connectivity index (χ2v) is 22.5. The normalized spacial score (nSPS) is 13.7. The molecule has 0 bridgehead atoms. The molecule has 9 aromatic rings. The van der Waals surface area contributed by atoms with Crippen LogP contribution in [0.25, 0.3) is 22.3 Å². The Labute approximate surface area is 442 Å². The van der Waals surface area contributed by atoms with E-state index in [1.165, 1.54) is 135 Å². The van der Waals surface area contributed by atoms with Gasteiger partial charge in [-0.15, -0.1) is 0 Å². The van der Waals surface area contributed by atoms with Crippen LogP contribution in [0.4, 0.5) is 17.1 Å². The molecule has 9 aromatic carbocycles. The monoisotopic (exact) mass is 968 g/mol. The topological polar surface area (TPSA) is 12.5 Å². The number of ether oxygens (including phenoxy) is 1.